The van der Waals surface area contributed by atoms with Gasteiger partial charge in [0.25, 0.3) is 5.91 Å². The van der Waals surface area contributed by atoms with Crippen LogP contribution in [0.15, 0.2) is 48.5 Å². The zero-order valence-electron chi connectivity index (χ0n) is 14.3. The van der Waals surface area contributed by atoms with Crippen molar-refractivity contribution in [3.63, 3.8) is 0 Å². The van der Waals surface area contributed by atoms with Crippen LogP contribution >= 0.6 is 0 Å². The van der Waals surface area contributed by atoms with Gasteiger partial charge in [-0.1, -0.05) is 30.3 Å². The van der Waals surface area contributed by atoms with E-state index in [1.807, 2.05) is 0 Å². The summed E-state index contributed by atoms with van der Waals surface area (Å²) in [6.45, 7) is -0.716. The Morgan fingerprint density at radius 2 is 1.63 bits per heavy atom. The summed E-state index contributed by atoms with van der Waals surface area (Å²) < 4.78 is 47.3. The van der Waals surface area contributed by atoms with Crippen molar-refractivity contribution in [3.8, 4) is 11.5 Å². The number of benzene rings is 2. The van der Waals surface area contributed by atoms with E-state index >= 15 is 0 Å². The first kappa shape index (κ1) is 20.1. The number of rotatable bonds is 7. The molecule has 2 N–H and O–H groups in total. The van der Waals surface area contributed by atoms with Crippen LogP contribution in [0.4, 0.5) is 18.9 Å². The fraction of sp³-hybridized carbons (Fsp3) is 0.222. The fourth-order valence-electron chi connectivity index (χ4n) is 2.14. The van der Waals surface area contributed by atoms with Crippen molar-refractivity contribution in [1.29, 1.82) is 0 Å². The molecule has 0 radical (unpaired) electrons. The van der Waals surface area contributed by atoms with Crippen LogP contribution in [0, 0.1) is 0 Å². The Morgan fingerprint density at radius 1 is 1.00 bits per heavy atom. The van der Waals surface area contributed by atoms with Gasteiger partial charge in [0, 0.05) is 12.2 Å². The zero-order chi connectivity index (χ0) is 19.9. The maximum Gasteiger partial charge on any atom is 0.471 e. The number of alkyl halides is 3. The molecule has 0 fully saturated rings. The predicted octanol–water partition coefficient (Wildman–Crippen LogP) is 2.89. The number of carbonyl (C=O) groups excluding carboxylic acids is 2. The number of halogens is 3. The van der Waals surface area contributed by atoms with Gasteiger partial charge in [-0.25, -0.2) is 0 Å². The van der Waals surface area contributed by atoms with Gasteiger partial charge in [0.05, 0.1) is 7.11 Å². The maximum absolute atomic E-state index is 12.3. The molecule has 0 atom stereocenters. The third-order valence-corrected chi connectivity index (χ3v) is 3.42. The number of amides is 2. The van der Waals surface area contributed by atoms with Crippen molar-refractivity contribution >= 4 is 17.5 Å². The molecule has 0 unspecified atom stereocenters. The Balaban J connectivity index is 1.96. The van der Waals surface area contributed by atoms with Crippen LogP contribution in [0.5, 0.6) is 11.5 Å². The highest BCUT2D eigenvalue weighted by Gasteiger charge is 2.38. The van der Waals surface area contributed by atoms with E-state index < -0.39 is 18.0 Å². The highest BCUT2D eigenvalue weighted by Crippen LogP contribution is 2.25. The smallest absolute Gasteiger partial charge is 0.471 e. The van der Waals surface area contributed by atoms with E-state index in [-0.39, 0.29) is 18.8 Å². The van der Waals surface area contributed by atoms with Gasteiger partial charge in [0.2, 0.25) is 0 Å². The maximum atomic E-state index is 12.3. The number of para-hydroxylation sites is 3. The molecule has 0 bridgehead atoms. The van der Waals surface area contributed by atoms with Crippen molar-refractivity contribution in [2.24, 2.45) is 0 Å². The monoisotopic (exact) mass is 382 g/mol. The minimum Gasteiger partial charge on any atom is -0.493 e. The summed E-state index contributed by atoms with van der Waals surface area (Å²) >= 11 is 0. The van der Waals surface area contributed by atoms with Crippen molar-refractivity contribution in [1.82, 2.24) is 5.32 Å². The number of hydrogen-bond donors (Lipinski definition) is 2. The van der Waals surface area contributed by atoms with E-state index in [1.54, 1.807) is 41.7 Å². The average molecular weight is 382 g/mol. The number of ether oxygens (including phenoxy) is 2. The number of nitrogens with one attached hydrogen (secondary N) is 2. The minimum absolute atomic E-state index is 0.272. The van der Waals surface area contributed by atoms with E-state index in [1.165, 1.54) is 19.2 Å². The van der Waals surface area contributed by atoms with Crippen LogP contribution in [0.3, 0.4) is 0 Å². The molecule has 0 aliphatic rings. The largest absolute Gasteiger partial charge is 0.493 e. The van der Waals surface area contributed by atoms with Crippen LogP contribution in [0.2, 0.25) is 0 Å². The molecule has 27 heavy (non-hydrogen) atoms. The Morgan fingerprint density at radius 3 is 2.30 bits per heavy atom. The Kier molecular flexibility index (Phi) is 6.64. The van der Waals surface area contributed by atoms with E-state index in [0.717, 1.165) is 0 Å². The summed E-state index contributed by atoms with van der Waals surface area (Å²) in [6, 6.07) is 13.0. The first-order valence-corrected chi connectivity index (χ1v) is 7.80. The molecular weight excluding hydrogens is 365 g/mol. The van der Waals surface area contributed by atoms with Gasteiger partial charge in [0.15, 0.2) is 18.1 Å². The standard InChI is InChI=1S/C18H17F3N2O4/c1-26-14-8-4-5-9-15(14)27-11-16(24)23-13-7-3-2-6-12(13)10-22-17(25)18(19,20)21/h2-9H,10-11H2,1H3,(H,22,25)(H,23,24). The average Bonchev–Trinajstić information content (AvgIpc) is 2.64. The number of carbonyl (C=O) groups is 2. The van der Waals surface area contributed by atoms with Crippen LogP contribution in [-0.2, 0) is 16.1 Å². The van der Waals surface area contributed by atoms with E-state index in [9.17, 15) is 22.8 Å². The summed E-state index contributed by atoms with van der Waals surface area (Å²) in [5, 5.41) is 4.31. The van der Waals surface area contributed by atoms with Crippen LogP contribution in [-0.4, -0.2) is 31.7 Å². The highest BCUT2D eigenvalue weighted by molar-refractivity contribution is 5.92. The summed E-state index contributed by atoms with van der Waals surface area (Å²) in [5.41, 5.74) is 0.592. The summed E-state index contributed by atoms with van der Waals surface area (Å²) in [6.07, 6.45) is -4.97. The lowest BCUT2D eigenvalue weighted by Crippen LogP contribution is -2.36. The fourth-order valence-corrected chi connectivity index (χ4v) is 2.14. The molecular formula is C18H17F3N2O4. The number of anilines is 1. The van der Waals surface area contributed by atoms with Crippen LogP contribution in [0.25, 0.3) is 0 Å². The van der Waals surface area contributed by atoms with Crippen molar-refractivity contribution < 1.29 is 32.2 Å². The van der Waals surface area contributed by atoms with Gasteiger partial charge < -0.3 is 20.1 Å². The Hall–Kier alpha value is -3.23. The molecule has 0 heterocycles. The number of methoxy groups -OCH3 is 1. The zero-order valence-corrected chi connectivity index (χ0v) is 14.3. The van der Waals surface area contributed by atoms with Gasteiger partial charge in [-0.15, -0.1) is 0 Å². The molecule has 0 saturated heterocycles. The molecule has 144 valence electrons. The van der Waals surface area contributed by atoms with E-state index in [0.29, 0.717) is 17.1 Å². The topological polar surface area (TPSA) is 76.7 Å². The second-order valence-corrected chi connectivity index (χ2v) is 5.33. The molecule has 0 aromatic heterocycles. The molecule has 0 aliphatic heterocycles. The second kappa shape index (κ2) is 8.93. The molecule has 0 aliphatic carbocycles. The molecule has 2 rings (SSSR count). The molecule has 0 spiro atoms. The Bertz CT molecular complexity index is 809. The van der Waals surface area contributed by atoms with Gasteiger partial charge in [-0.2, -0.15) is 13.2 Å². The highest BCUT2D eigenvalue weighted by atomic mass is 19.4. The third kappa shape index (κ3) is 5.91. The van der Waals surface area contributed by atoms with Gasteiger partial charge in [0.1, 0.15) is 0 Å². The minimum atomic E-state index is -4.97. The van der Waals surface area contributed by atoms with Crippen molar-refractivity contribution in [3.05, 3.63) is 54.1 Å². The first-order valence-electron chi connectivity index (χ1n) is 7.80. The first-order chi connectivity index (χ1) is 12.8. The molecule has 2 aromatic rings. The van der Waals surface area contributed by atoms with Crippen molar-refractivity contribution in [2.75, 3.05) is 19.0 Å². The molecule has 9 heteroatoms. The van der Waals surface area contributed by atoms with Crippen LogP contribution < -0.4 is 20.1 Å². The normalized spacial score (nSPS) is 10.8. The third-order valence-electron chi connectivity index (χ3n) is 3.42. The van der Waals surface area contributed by atoms with Gasteiger partial charge >= 0.3 is 12.1 Å². The lowest BCUT2D eigenvalue weighted by Gasteiger charge is -2.14. The van der Waals surface area contributed by atoms with E-state index in [2.05, 4.69) is 5.32 Å². The summed E-state index contributed by atoms with van der Waals surface area (Å²) in [4.78, 5) is 23.0. The Labute approximate surface area is 153 Å². The molecule has 0 saturated carbocycles. The molecule has 6 nitrogen and oxygen atoms in total. The van der Waals surface area contributed by atoms with Crippen LogP contribution in [0.1, 0.15) is 5.56 Å². The summed E-state index contributed by atoms with van der Waals surface area (Å²) in [7, 11) is 1.47. The molecule has 2 amide bonds. The quantitative estimate of drug-likeness (QED) is 0.772. The lowest BCUT2D eigenvalue weighted by atomic mass is 10.1. The summed E-state index contributed by atoms with van der Waals surface area (Å²) in [5.74, 6) is -1.74. The second-order valence-electron chi connectivity index (χ2n) is 5.33. The lowest BCUT2D eigenvalue weighted by molar-refractivity contribution is -0.173. The predicted molar refractivity (Wildman–Crippen MR) is 91.5 cm³/mol. The SMILES string of the molecule is COc1ccccc1OCC(=O)Nc1ccccc1CNC(=O)C(F)(F)F. The number of hydrogen-bond acceptors (Lipinski definition) is 4. The van der Waals surface area contributed by atoms with Gasteiger partial charge in [-0.3, -0.25) is 9.59 Å². The molecule has 2 aromatic carbocycles. The van der Waals surface area contributed by atoms with Gasteiger partial charge in [-0.05, 0) is 23.8 Å². The van der Waals surface area contributed by atoms with Crippen molar-refractivity contribution in [2.45, 2.75) is 12.7 Å². The van der Waals surface area contributed by atoms with E-state index in [4.69, 9.17) is 9.47 Å².